The van der Waals surface area contributed by atoms with Gasteiger partial charge in [0.05, 0.1) is 0 Å². The molecule has 112 valence electrons. The maximum atomic E-state index is 6.03. The normalized spacial score (nSPS) is 19.9. The molecule has 0 radical (unpaired) electrons. The molecule has 0 bridgehead atoms. The summed E-state index contributed by atoms with van der Waals surface area (Å²) in [5.74, 6) is 2.32. The minimum atomic E-state index is 0.243. The second-order valence-corrected chi connectivity index (χ2v) is 8.19. The number of hydrogen-bond donors (Lipinski definition) is 1. The fourth-order valence-electron chi connectivity index (χ4n) is 2.71. The van der Waals surface area contributed by atoms with Crippen molar-refractivity contribution >= 4 is 17.6 Å². The van der Waals surface area contributed by atoms with Crippen LogP contribution in [0.15, 0.2) is 12.3 Å². The molecule has 2 N–H and O–H groups in total. The van der Waals surface area contributed by atoms with E-state index in [2.05, 4.69) is 50.4 Å². The molecule has 3 nitrogen and oxygen atoms in total. The lowest BCUT2D eigenvalue weighted by Gasteiger charge is -2.38. The lowest BCUT2D eigenvalue weighted by molar-refractivity contribution is 0.635. The monoisotopic (exact) mass is 293 g/mol. The number of nitrogens with two attached hydrogens (primary N) is 1. The molecule has 0 aliphatic carbocycles. The molecule has 1 unspecified atom stereocenters. The van der Waals surface area contributed by atoms with Crippen molar-refractivity contribution in [3.05, 3.63) is 23.4 Å². The Morgan fingerprint density at radius 2 is 2.25 bits per heavy atom. The molecular formula is C16H27N3S. The van der Waals surface area contributed by atoms with Crippen molar-refractivity contribution in [1.82, 2.24) is 4.98 Å². The predicted molar refractivity (Wildman–Crippen MR) is 89.7 cm³/mol. The second kappa shape index (κ2) is 6.35. The van der Waals surface area contributed by atoms with Crippen LogP contribution >= 0.6 is 11.8 Å². The van der Waals surface area contributed by atoms with Gasteiger partial charge in [0.25, 0.3) is 0 Å². The van der Waals surface area contributed by atoms with Crippen molar-refractivity contribution in [3.63, 3.8) is 0 Å². The van der Waals surface area contributed by atoms with Crippen LogP contribution in [0.4, 0.5) is 5.82 Å². The average molecular weight is 293 g/mol. The zero-order valence-corrected chi connectivity index (χ0v) is 14.0. The first kappa shape index (κ1) is 15.6. The van der Waals surface area contributed by atoms with E-state index in [4.69, 9.17) is 10.7 Å². The molecule has 2 heterocycles. The van der Waals surface area contributed by atoms with Crippen molar-refractivity contribution < 1.29 is 0 Å². The molecule has 0 saturated carbocycles. The molecule has 1 aromatic heterocycles. The molecule has 1 fully saturated rings. The summed E-state index contributed by atoms with van der Waals surface area (Å²) in [5.41, 5.74) is 8.56. The molecule has 1 atom stereocenters. The van der Waals surface area contributed by atoms with Crippen LogP contribution in [0.1, 0.15) is 38.3 Å². The predicted octanol–water partition coefficient (Wildman–Crippen LogP) is 3.00. The summed E-state index contributed by atoms with van der Waals surface area (Å²) in [5, 5.41) is 0. The summed E-state index contributed by atoms with van der Waals surface area (Å²) in [6.07, 6.45) is 3.94. The highest BCUT2D eigenvalue weighted by molar-refractivity contribution is 8.00. The van der Waals surface area contributed by atoms with Crippen LogP contribution < -0.4 is 10.6 Å². The number of rotatable bonds is 4. The first-order valence-corrected chi connectivity index (χ1v) is 8.50. The van der Waals surface area contributed by atoms with Crippen molar-refractivity contribution in [3.8, 4) is 0 Å². The highest BCUT2D eigenvalue weighted by atomic mass is 32.2. The molecule has 0 amide bonds. The maximum Gasteiger partial charge on any atom is 0.131 e. The summed E-state index contributed by atoms with van der Waals surface area (Å²) < 4.78 is 0.315. The van der Waals surface area contributed by atoms with Gasteiger partial charge in [-0.25, -0.2) is 4.98 Å². The van der Waals surface area contributed by atoms with Gasteiger partial charge in [-0.05, 0) is 44.7 Å². The summed E-state index contributed by atoms with van der Waals surface area (Å²) in [7, 11) is 0. The molecule has 1 aliphatic heterocycles. The smallest absolute Gasteiger partial charge is 0.131 e. The molecule has 20 heavy (non-hydrogen) atoms. The van der Waals surface area contributed by atoms with Gasteiger partial charge in [-0.3, -0.25) is 0 Å². The maximum absolute atomic E-state index is 6.03. The van der Waals surface area contributed by atoms with E-state index in [0.29, 0.717) is 4.75 Å². The molecular weight excluding hydrogens is 266 g/mol. The number of hydrogen-bond acceptors (Lipinski definition) is 4. The number of nitrogens with zero attached hydrogens (tertiary/aromatic N) is 2. The minimum Gasteiger partial charge on any atom is -0.354 e. The topological polar surface area (TPSA) is 42.1 Å². The van der Waals surface area contributed by atoms with Gasteiger partial charge in [0.2, 0.25) is 0 Å². The second-order valence-electron chi connectivity index (χ2n) is 6.39. The first-order chi connectivity index (χ1) is 9.41. The van der Waals surface area contributed by atoms with Crippen LogP contribution in [0.5, 0.6) is 0 Å². The van der Waals surface area contributed by atoms with Crippen LogP contribution in [0.25, 0.3) is 0 Å². The number of pyridine rings is 1. The van der Waals surface area contributed by atoms with Crippen LogP contribution in [0.3, 0.4) is 0 Å². The molecule has 1 aromatic rings. The Labute approximate surface area is 127 Å². The zero-order valence-electron chi connectivity index (χ0n) is 13.1. The first-order valence-electron chi connectivity index (χ1n) is 7.51. The number of aryl methyl sites for hydroxylation is 1. The van der Waals surface area contributed by atoms with Gasteiger partial charge in [-0.15, -0.1) is 0 Å². The Balaban J connectivity index is 2.13. The largest absolute Gasteiger partial charge is 0.354 e. The third-order valence-electron chi connectivity index (χ3n) is 3.85. The Morgan fingerprint density at radius 1 is 1.50 bits per heavy atom. The van der Waals surface area contributed by atoms with Crippen LogP contribution in [-0.4, -0.2) is 34.6 Å². The number of anilines is 1. The van der Waals surface area contributed by atoms with Crippen LogP contribution in [-0.2, 0) is 6.42 Å². The summed E-state index contributed by atoms with van der Waals surface area (Å²) in [4.78, 5) is 7.14. The van der Waals surface area contributed by atoms with Crippen molar-refractivity contribution in [2.24, 2.45) is 5.73 Å². The van der Waals surface area contributed by atoms with Gasteiger partial charge in [0.1, 0.15) is 5.82 Å². The average Bonchev–Trinajstić information content (AvgIpc) is 2.37. The Kier molecular flexibility index (Phi) is 4.97. The van der Waals surface area contributed by atoms with Gasteiger partial charge < -0.3 is 10.6 Å². The molecule has 1 aliphatic rings. The minimum absolute atomic E-state index is 0.243. The fraction of sp³-hybridized carbons (Fsp3) is 0.688. The van der Waals surface area contributed by atoms with E-state index in [9.17, 15) is 0 Å². The Morgan fingerprint density at radius 3 is 2.85 bits per heavy atom. The van der Waals surface area contributed by atoms with E-state index >= 15 is 0 Å². The van der Waals surface area contributed by atoms with E-state index in [0.717, 1.165) is 31.7 Å². The quantitative estimate of drug-likeness (QED) is 0.926. The lowest BCUT2D eigenvalue weighted by Crippen LogP contribution is -2.43. The zero-order chi connectivity index (χ0) is 14.8. The Bertz CT molecular complexity index is 459. The fourth-order valence-corrected chi connectivity index (χ4v) is 3.82. The van der Waals surface area contributed by atoms with Gasteiger partial charge in [-0.2, -0.15) is 11.8 Å². The standard InChI is InChI=1S/C16H27N3S/c1-5-14(17)9-13-8-12(2)15(18-10-13)19-6-7-20-16(3,4)11-19/h8,10,14H,5-7,9,11,17H2,1-4H3. The van der Waals surface area contributed by atoms with E-state index in [-0.39, 0.29) is 6.04 Å². The number of aromatic nitrogens is 1. The third-order valence-corrected chi connectivity index (χ3v) is 5.15. The summed E-state index contributed by atoms with van der Waals surface area (Å²) in [6.45, 7) is 11.1. The van der Waals surface area contributed by atoms with Gasteiger partial charge in [0.15, 0.2) is 0 Å². The van der Waals surface area contributed by atoms with E-state index in [1.165, 1.54) is 16.9 Å². The van der Waals surface area contributed by atoms with Crippen molar-refractivity contribution in [1.29, 1.82) is 0 Å². The Hall–Kier alpha value is -0.740. The van der Waals surface area contributed by atoms with E-state index < -0.39 is 0 Å². The highest BCUT2D eigenvalue weighted by Crippen LogP contribution is 2.32. The van der Waals surface area contributed by atoms with Crippen molar-refractivity contribution in [2.45, 2.75) is 51.3 Å². The summed E-state index contributed by atoms with van der Waals surface area (Å²) in [6, 6.07) is 2.50. The number of thioether (sulfide) groups is 1. The third kappa shape index (κ3) is 3.89. The lowest BCUT2D eigenvalue weighted by atomic mass is 10.0. The molecule has 0 aromatic carbocycles. The molecule has 0 spiro atoms. The molecule has 1 saturated heterocycles. The van der Waals surface area contributed by atoms with Crippen molar-refractivity contribution in [2.75, 3.05) is 23.7 Å². The van der Waals surface area contributed by atoms with E-state index in [1.54, 1.807) is 0 Å². The van der Waals surface area contributed by atoms with Crippen LogP contribution in [0, 0.1) is 6.92 Å². The van der Waals surface area contributed by atoms with Gasteiger partial charge in [-0.1, -0.05) is 13.0 Å². The highest BCUT2D eigenvalue weighted by Gasteiger charge is 2.28. The molecule has 2 rings (SSSR count). The molecule has 4 heteroatoms. The van der Waals surface area contributed by atoms with Gasteiger partial charge >= 0.3 is 0 Å². The SMILES string of the molecule is CCC(N)Cc1cnc(N2CCSC(C)(C)C2)c(C)c1. The van der Waals surface area contributed by atoms with Gasteiger partial charge in [0, 0.05) is 35.8 Å². The van der Waals surface area contributed by atoms with Crippen LogP contribution in [0.2, 0.25) is 0 Å². The van der Waals surface area contributed by atoms with E-state index in [1.807, 2.05) is 6.20 Å². The summed E-state index contributed by atoms with van der Waals surface area (Å²) >= 11 is 2.05.